The number of hydrogen-bond donors (Lipinski definition) is 0. The van der Waals surface area contributed by atoms with Crippen LogP contribution in [0.5, 0.6) is 5.75 Å². The molecule has 5 nitrogen and oxygen atoms in total. The minimum absolute atomic E-state index is 0.169. The van der Waals surface area contributed by atoms with Crippen molar-refractivity contribution in [2.75, 3.05) is 27.2 Å². The van der Waals surface area contributed by atoms with Crippen molar-refractivity contribution in [3.8, 4) is 5.75 Å². The molecule has 1 amide bonds. The second kappa shape index (κ2) is 6.87. The van der Waals surface area contributed by atoms with Crippen molar-refractivity contribution in [1.29, 1.82) is 0 Å². The molecule has 0 aliphatic carbocycles. The van der Waals surface area contributed by atoms with Crippen LogP contribution in [0.2, 0.25) is 0 Å². The Morgan fingerprint density at radius 3 is 2.48 bits per heavy atom. The summed E-state index contributed by atoms with van der Waals surface area (Å²) in [6, 6.07) is 8.82. The van der Waals surface area contributed by atoms with Gasteiger partial charge in [0.15, 0.2) is 0 Å². The van der Waals surface area contributed by atoms with Crippen LogP contribution in [0.25, 0.3) is 0 Å². The fourth-order valence-electron chi connectivity index (χ4n) is 4.21. The first-order chi connectivity index (χ1) is 11.8. The molecule has 2 saturated heterocycles. The standard InChI is InChI=1S/C20H30N2O3/c1-20(2,3)25-19(23)22-12-6-7-17-18(22)16(13-21(17)4)14-8-10-15(24-5)11-9-14/h8-11,16-18H,6-7,12-13H2,1-5H3/t16-,17-,18-/m1/s1. The van der Waals surface area contributed by atoms with Gasteiger partial charge >= 0.3 is 6.09 Å². The molecule has 3 rings (SSSR count). The van der Waals surface area contributed by atoms with Crippen LogP contribution in [0.15, 0.2) is 24.3 Å². The van der Waals surface area contributed by atoms with Gasteiger partial charge in [0.1, 0.15) is 11.4 Å². The van der Waals surface area contributed by atoms with E-state index in [-0.39, 0.29) is 12.1 Å². The first-order valence-corrected chi connectivity index (χ1v) is 9.14. The number of hydrogen-bond acceptors (Lipinski definition) is 4. The molecular weight excluding hydrogens is 316 g/mol. The molecule has 1 aromatic carbocycles. The van der Waals surface area contributed by atoms with Gasteiger partial charge < -0.3 is 19.3 Å². The van der Waals surface area contributed by atoms with Gasteiger partial charge in [-0.2, -0.15) is 0 Å². The highest BCUT2D eigenvalue weighted by atomic mass is 16.6. The second-order valence-corrected chi connectivity index (χ2v) is 8.19. The minimum atomic E-state index is -0.468. The predicted molar refractivity (Wildman–Crippen MR) is 98.1 cm³/mol. The number of nitrogens with zero attached hydrogens (tertiary/aromatic N) is 2. The molecule has 3 atom stereocenters. The Morgan fingerprint density at radius 2 is 1.88 bits per heavy atom. The summed E-state index contributed by atoms with van der Waals surface area (Å²) in [5.41, 5.74) is 0.792. The molecule has 25 heavy (non-hydrogen) atoms. The number of carbonyl (C=O) groups excluding carboxylic acids is 1. The van der Waals surface area contributed by atoms with E-state index in [2.05, 4.69) is 24.1 Å². The zero-order valence-corrected chi connectivity index (χ0v) is 16.0. The summed E-state index contributed by atoms with van der Waals surface area (Å²) >= 11 is 0. The number of methoxy groups -OCH3 is 1. The lowest BCUT2D eigenvalue weighted by Crippen LogP contribution is -2.54. The fraction of sp³-hybridized carbons (Fsp3) is 0.650. The molecule has 2 aliphatic rings. The van der Waals surface area contributed by atoms with Crippen molar-refractivity contribution in [3.63, 3.8) is 0 Å². The Balaban J connectivity index is 1.87. The van der Waals surface area contributed by atoms with Gasteiger partial charge in [-0.3, -0.25) is 0 Å². The SMILES string of the molecule is COc1ccc([C@H]2CN(C)[C@@H]3CCCN(C(=O)OC(C)(C)C)[C@H]23)cc1. The van der Waals surface area contributed by atoms with Crippen LogP contribution in [-0.4, -0.2) is 60.8 Å². The number of fused-ring (bicyclic) bond motifs is 1. The smallest absolute Gasteiger partial charge is 0.410 e. The van der Waals surface area contributed by atoms with E-state index in [1.807, 2.05) is 37.8 Å². The number of likely N-dealkylation sites (N-methyl/N-ethyl adjacent to an activating group) is 1. The summed E-state index contributed by atoms with van der Waals surface area (Å²) in [6.45, 7) is 7.51. The summed E-state index contributed by atoms with van der Waals surface area (Å²) in [5.74, 6) is 1.16. The van der Waals surface area contributed by atoms with Gasteiger partial charge in [0.05, 0.1) is 13.2 Å². The number of likely N-dealkylation sites (tertiary alicyclic amines) is 2. The van der Waals surface area contributed by atoms with E-state index >= 15 is 0 Å². The van der Waals surface area contributed by atoms with E-state index in [0.717, 1.165) is 31.7 Å². The lowest BCUT2D eigenvalue weighted by atomic mass is 9.86. The van der Waals surface area contributed by atoms with Crippen LogP contribution in [0.3, 0.4) is 0 Å². The van der Waals surface area contributed by atoms with Crippen LogP contribution >= 0.6 is 0 Å². The highest BCUT2D eigenvalue weighted by Gasteiger charge is 2.48. The van der Waals surface area contributed by atoms with E-state index in [9.17, 15) is 4.79 Å². The van der Waals surface area contributed by atoms with E-state index in [1.165, 1.54) is 5.56 Å². The quantitative estimate of drug-likeness (QED) is 0.822. The predicted octanol–water partition coefficient (Wildman–Crippen LogP) is 3.49. The lowest BCUT2D eigenvalue weighted by molar-refractivity contribution is 0.00306. The molecule has 1 aromatic rings. The molecule has 2 aliphatic heterocycles. The van der Waals surface area contributed by atoms with E-state index in [4.69, 9.17) is 9.47 Å². The number of piperidine rings is 1. The number of ether oxygens (including phenoxy) is 2. The molecule has 0 spiro atoms. The number of rotatable bonds is 2. The first-order valence-electron chi connectivity index (χ1n) is 9.14. The van der Waals surface area contributed by atoms with E-state index in [1.54, 1.807) is 7.11 Å². The Morgan fingerprint density at radius 1 is 1.20 bits per heavy atom. The monoisotopic (exact) mass is 346 g/mol. The second-order valence-electron chi connectivity index (χ2n) is 8.19. The topological polar surface area (TPSA) is 42.0 Å². The van der Waals surface area contributed by atoms with Crippen LogP contribution < -0.4 is 4.74 Å². The molecular formula is C20H30N2O3. The molecule has 0 radical (unpaired) electrons. The molecule has 0 saturated carbocycles. The Kier molecular flexibility index (Phi) is 4.96. The third-order valence-corrected chi connectivity index (χ3v) is 5.29. The van der Waals surface area contributed by atoms with E-state index < -0.39 is 5.60 Å². The van der Waals surface area contributed by atoms with Crippen molar-refractivity contribution < 1.29 is 14.3 Å². The summed E-state index contributed by atoms with van der Waals surface area (Å²) < 4.78 is 11.0. The van der Waals surface area contributed by atoms with Gasteiger partial charge in [0.25, 0.3) is 0 Å². The molecule has 0 unspecified atom stereocenters. The van der Waals surface area contributed by atoms with Crippen LogP contribution in [0, 0.1) is 0 Å². The van der Waals surface area contributed by atoms with Gasteiger partial charge in [-0.05, 0) is 58.4 Å². The molecule has 0 aromatic heterocycles. The fourth-order valence-corrected chi connectivity index (χ4v) is 4.21. The first kappa shape index (κ1) is 18.1. The van der Waals surface area contributed by atoms with Gasteiger partial charge in [-0.1, -0.05) is 12.1 Å². The highest BCUT2D eigenvalue weighted by molar-refractivity contribution is 5.69. The normalized spacial score (nSPS) is 27.1. The van der Waals surface area contributed by atoms with E-state index in [0.29, 0.717) is 12.0 Å². The van der Waals surface area contributed by atoms with Crippen molar-refractivity contribution in [2.45, 2.75) is 57.2 Å². The molecule has 138 valence electrons. The summed E-state index contributed by atoms with van der Waals surface area (Å²) in [6.07, 6.45) is 1.98. The molecule has 5 heteroatoms. The average molecular weight is 346 g/mol. The number of carbonyl (C=O) groups is 1. The third-order valence-electron chi connectivity index (χ3n) is 5.29. The minimum Gasteiger partial charge on any atom is -0.497 e. The third kappa shape index (κ3) is 3.76. The Bertz CT molecular complexity index is 608. The van der Waals surface area contributed by atoms with Gasteiger partial charge in [-0.25, -0.2) is 4.79 Å². The molecule has 0 N–H and O–H groups in total. The Hall–Kier alpha value is -1.75. The largest absolute Gasteiger partial charge is 0.497 e. The van der Waals surface area contributed by atoms with Gasteiger partial charge in [0.2, 0.25) is 0 Å². The zero-order valence-electron chi connectivity index (χ0n) is 16.0. The zero-order chi connectivity index (χ0) is 18.2. The average Bonchev–Trinajstić information content (AvgIpc) is 2.90. The molecule has 2 heterocycles. The Labute approximate surface area is 150 Å². The lowest BCUT2D eigenvalue weighted by Gasteiger charge is -2.41. The maximum atomic E-state index is 12.8. The maximum Gasteiger partial charge on any atom is 0.410 e. The number of benzene rings is 1. The van der Waals surface area contributed by atoms with Crippen molar-refractivity contribution in [2.24, 2.45) is 0 Å². The van der Waals surface area contributed by atoms with Crippen LogP contribution in [-0.2, 0) is 4.74 Å². The summed E-state index contributed by atoms with van der Waals surface area (Å²) in [5, 5.41) is 0. The number of amides is 1. The van der Waals surface area contributed by atoms with Gasteiger partial charge in [0, 0.05) is 25.0 Å². The molecule has 2 fully saturated rings. The maximum absolute atomic E-state index is 12.8. The summed E-state index contributed by atoms with van der Waals surface area (Å²) in [7, 11) is 3.85. The van der Waals surface area contributed by atoms with Crippen LogP contribution in [0.4, 0.5) is 4.79 Å². The highest BCUT2D eigenvalue weighted by Crippen LogP contribution is 2.40. The van der Waals surface area contributed by atoms with Crippen molar-refractivity contribution in [3.05, 3.63) is 29.8 Å². The summed E-state index contributed by atoms with van der Waals surface area (Å²) in [4.78, 5) is 17.2. The molecule has 0 bridgehead atoms. The van der Waals surface area contributed by atoms with Gasteiger partial charge in [-0.15, -0.1) is 0 Å². The van der Waals surface area contributed by atoms with Crippen molar-refractivity contribution >= 4 is 6.09 Å². The van der Waals surface area contributed by atoms with Crippen LogP contribution in [0.1, 0.15) is 45.1 Å². The van der Waals surface area contributed by atoms with Crippen molar-refractivity contribution in [1.82, 2.24) is 9.80 Å².